The maximum absolute atomic E-state index is 12.9. The number of sulfonamides is 1. The quantitative estimate of drug-likeness (QED) is 0.524. The summed E-state index contributed by atoms with van der Waals surface area (Å²) in [6.45, 7) is 1.33. The summed E-state index contributed by atoms with van der Waals surface area (Å²) < 4.78 is 27.3. The molecule has 9 heteroatoms. The molecule has 0 saturated carbocycles. The second kappa shape index (κ2) is 9.23. The Hall–Kier alpha value is -2.65. The molecule has 1 aliphatic heterocycles. The van der Waals surface area contributed by atoms with Gasteiger partial charge in [-0.15, -0.1) is 0 Å². The molecule has 2 N–H and O–H groups in total. The minimum Gasteiger partial charge on any atom is -0.508 e. The van der Waals surface area contributed by atoms with Crippen LogP contribution in [0.1, 0.15) is 31.2 Å². The van der Waals surface area contributed by atoms with Gasteiger partial charge in [0.05, 0.1) is 9.82 Å². The molecule has 3 rings (SSSR count). The molecule has 0 unspecified atom stereocenters. The van der Waals surface area contributed by atoms with Gasteiger partial charge in [0, 0.05) is 25.7 Å². The third kappa shape index (κ3) is 5.24. The standard InChI is InChI=1S/C20H25N3O5S/c24-17-7-5-16(6-8-17)11-12-21-19-10-9-18(15-20(19)23(25)26)29(27,28)22-13-3-1-2-4-14-22/h5-10,15,21,24H,1-4,11-14H2. The summed E-state index contributed by atoms with van der Waals surface area (Å²) in [4.78, 5) is 10.9. The molecule has 0 atom stereocenters. The maximum atomic E-state index is 12.9. The molecule has 0 bridgehead atoms. The van der Waals surface area contributed by atoms with E-state index in [1.54, 1.807) is 24.3 Å². The summed E-state index contributed by atoms with van der Waals surface area (Å²) in [5.41, 5.74) is 0.994. The van der Waals surface area contributed by atoms with Crippen LogP contribution in [0.5, 0.6) is 5.75 Å². The van der Waals surface area contributed by atoms with Gasteiger partial charge in [0.15, 0.2) is 0 Å². The lowest BCUT2D eigenvalue weighted by Gasteiger charge is -2.20. The molecule has 1 aliphatic rings. The van der Waals surface area contributed by atoms with E-state index in [9.17, 15) is 23.6 Å². The van der Waals surface area contributed by atoms with Gasteiger partial charge in [0.25, 0.3) is 5.69 Å². The number of nitro benzene ring substituents is 1. The number of benzene rings is 2. The molecular formula is C20H25N3O5S. The first-order chi connectivity index (χ1) is 13.9. The number of phenolic OH excluding ortho intramolecular Hbond substituents is 1. The zero-order chi connectivity index (χ0) is 20.9. The van der Waals surface area contributed by atoms with Crippen LogP contribution in [0.25, 0.3) is 0 Å². The van der Waals surface area contributed by atoms with Crippen molar-refractivity contribution >= 4 is 21.4 Å². The molecule has 1 fully saturated rings. The smallest absolute Gasteiger partial charge is 0.293 e. The lowest BCUT2D eigenvalue weighted by atomic mass is 10.1. The van der Waals surface area contributed by atoms with Gasteiger partial charge in [0.2, 0.25) is 10.0 Å². The van der Waals surface area contributed by atoms with Crippen molar-refractivity contribution in [2.75, 3.05) is 25.0 Å². The fraction of sp³-hybridized carbons (Fsp3) is 0.400. The molecule has 2 aromatic rings. The number of anilines is 1. The number of phenols is 1. The molecule has 0 aliphatic carbocycles. The SMILES string of the molecule is O=[N+]([O-])c1cc(S(=O)(=O)N2CCCCCC2)ccc1NCCc1ccc(O)cc1. The van der Waals surface area contributed by atoms with E-state index in [-0.39, 0.29) is 22.0 Å². The highest BCUT2D eigenvalue weighted by atomic mass is 32.2. The van der Waals surface area contributed by atoms with Gasteiger partial charge in [0.1, 0.15) is 11.4 Å². The van der Waals surface area contributed by atoms with Gasteiger partial charge in [-0.25, -0.2) is 8.42 Å². The predicted molar refractivity (Wildman–Crippen MR) is 111 cm³/mol. The van der Waals surface area contributed by atoms with Crippen LogP contribution in [0.4, 0.5) is 11.4 Å². The first-order valence-corrected chi connectivity index (χ1v) is 11.1. The molecule has 0 amide bonds. The van der Waals surface area contributed by atoms with Crippen LogP contribution in [0, 0.1) is 10.1 Å². The van der Waals surface area contributed by atoms with Crippen LogP contribution in [0.15, 0.2) is 47.4 Å². The number of aromatic hydroxyl groups is 1. The molecular weight excluding hydrogens is 394 g/mol. The van der Waals surface area contributed by atoms with Gasteiger partial charge < -0.3 is 10.4 Å². The Labute approximate surface area is 170 Å². The number of nitro groups is 1. The predicted octanol–water partition coefficient (Wildman–Crippen LogP) is 3.52. The molecule has 2 aromatic carbocycles. The highest BCUT2D eigenvalue weighted by Gasteiger charge is 2.27. The zero-order valence-electron chi connectivity index (χ0n) is 16.1. The molecule has 0 aromatic heterocycles. The molecule has 156 valence electrons. The van der Waals surface area contributed by atoms with Crippen molar-refractivity contribution in [3.8, 4) is 5.75 Å². The van der Waals surface area contributed by atoms with Crippen molar-refractivity contribution < 1.29 is 18.4 Å². The van der Waals surface area contributed by atoms with Crippen molar-refractivity contribution in [3.63, 3.8) is 0 Å². The Morgan fingerprint density at radius 2 is 1.69 bits per heavy atom. The number of nitrogens with zero attached hydrogens (tertiary/aromatic N) is 2. The van der Waals surface area contributed by atoms with Crippen LogP contribution in [0.3, 0.4) is 0 Å². The summed E-state index contributed by atoms with van der Waals surface area (Å²) in [6, 6.07) is 10.8. The average molecular weight is 420 g/mol. The van der Waals surface area contributed by atoms with Crippen LogP contribution >= 0.6 is 0 Å². The molecule has 0 radical (unpaired) electrons. The fourth-order valence-corrected chi connectivity index (χ4v) is 4.95. The molecule has 0 spiro atoms. The van der Waals surface area contributed by atoms with Crippen molar-refractivity contribution in [2.45, 2.75) is 37.0 Å². The number of hydrogen-bond acceptors (Lipinski definition) is 6. The van der Waals surface area contributed by atoms with Crippen molar-refractivity contribution in [2.24, 2.45) is 0 Å². The van der Waals surface area contributed by atoms with Crippen molar-refractivity contribution in [1.29, 1.82) is 0 Å². The first-order valence-electron chi connectivity index (χ1n) is 9.68. The Morgan fingerprint density at radius 3 is 2.31 bits per heavy atom. The van der Waals surface area contributed by atoms with E-state index in [1.807, 2.05) is 0 Å². The summed E-state index contributed by atoms with van der Waals surface area (Å²) in [6.07, 6.45) is 4.20. The van der Waals surface area contributed by atoms with E-state index < -0.39 is 14.9 Å². The van der Waals surface area contributed by atoms with E-state index in [4.69, 9.17) is 0 Å². The highest BCUT2D eigenvalue weighted by Crippen LogP contribution is 2.30. The Morgan fingerprint density at radius 1 is 1.03 bits per heavy atom. The highest BCUT2D eigenvalue weighted by molar-refractivity contribution is 7.89. The van der Waals surface area contributed by atoms with Gasteiger partial charge in [-0.2, -0.15) is 4.31 Å². The Balaban J connectivity index is 1.75. The first kappa shape index (κ1) is 21.1. The minimum atomic E-state index is -3.75. The lowest BCUT2D eigenvalue weighted by Crippen LogP contribution is -2.32. The van der Waals surface area contributed by atoms with Gasteiger partial charge in [-0.3, -0.25) is 10.1 Å². The Bertz CT molecular complexity index is 953. The number of nitrogens with one attached hydrogen (secondary N) is 1. The van der Waals surface area contributed by atoms with Crippen LogP contribution in [0.2, 0.25) is 0 Å². The third-order valence-corrected chi connectivity index (χ3v) is 6.93. The number of rotatable bonds is 7. The van der Waals surface area contributed by atoms with E-state index in [1.165, 1.54) is 16.4 Å². The fourth-order valence-electron chi connectivity index (χ4n) is 3.41. The van der Waals surface area contributed by atoms with Gasteiger partial charge in [-0.1, -0.05) is 25.0 Å². The zero-order valence-corrected chi connectivity index (χ0v) is 16.9. The third-order valence-electron chi connectivity index (χ3n) is 5.03. The Kier molecular flexibility index (Phi) is 6.71. The van der Waals surface area contributed by atoms with Crippen LogP contribution in [-0.2, 0) is 16.4 Å². The van der Waals surface area contributed by atoms with E-state index >= 15 is 0 Å². The molecule has 8 nitrogen and oxygen atoms in total. The van der Waals surface area contributed by atoms with Crippen LogP contribution < -0.4 is 5.32 Å². The topological polar surface area (TPSA) is 113 Å². The maximum Gasteiger partial charge on any atom is 0.293 e. The van der Waals surface area contributed by atoms with Crippen molar-refractivity contribution in [3.05, 3.63) is 58.1 Å². The van der Waals surface area contributed by atoms with E-state index in [0.717, 1.165) is 37.3 Å². The molecule has 29 heavy (non-hydrogen) atoms. The van der Waals surface area contributed by atoms with Crippen LogP contribution in [-0.4, -0.2) is 42.4 Å². The number of hydrogen-bond donors (Lipinski definition) is 2. The van der Waals surface area contributed by atoms with E-state index in [2.05, 4.69) is 5.32 Å². The second-order valence-corrected chi connectivity index (χ2v) is 9.04. The van der Waals surface area contributed by atoms with Crippen molar-refractivity contribution in [1.82, 2.24) is 4.31 Å². The lowest BCUT2D eigenvalue weighted by molar-refractivity contribution is -0.384. The molecule has 1 heterocycles. The van der Waals surface area contributed by atoms with Gasteiger partial charge in [-0.05, 0) is 49.1 Å². The average Bonchev–Trinajstić information content (AvgIpc) is 2.99. The largest absolute Gasteiger partial charge is 0.508 e. The minimum absolute atomic E-state index is 0.0461. The van der Waals surface area contributed by atoms with E-state index in [0.29, 0.717) is 26.1 Å². The summed E-state index contributed by atoms with van der Waals surface area (Å²) in [7, 11) is -3.75. The van der Waals surface area contributed by atoms with Gasteiger partial charge >= 0.3 is 0 Å². The monoisotopic (exact) mass is 419 g/mol. The molecule has 1 saturated heterocycles. The summed E-state index contributed by atoms with van der Waals surface area (Å²) in [5, 5.41) is 23.9. The summed E-state index contributed by atoms with van der Waals surface area (Å²) >= 11 is 0. The normalized spacial score (nSPS) is 15.6. The second-order valence-electron chi connectivity index (χ2n) is 7.10. The summed E-state index contributed by atoms with van der Waals surface area (Å²) in [5.74, 6) is 0.179.